The lowest BCUT2D eigenvalue weighted by atomic mass is 10.0. The van der Waals surface area contributed by atoms with Crippen molar-refractivity contribution in [2.75, 3.05) is 42.3 Å². The summed E-state index contributed by atoms with van der Waals surface area (Å²) in [5, 5.41) is 5.07. The average Bonchev–Trinajstić information content (AvgIpc) is 2.82. The van der Waals surface area contributed by atoms with Gasteiger partial charge in [0.1, 0.15) is 24.3 Å². The summed E-state index contributed by atoms with van der Waals surface area (Å²) < 4.78 is 49.5. The van der Waals surface area contributed by atoms with Crippen LogP contribution in [0.15, 0.2) is 55.0 Å². The number of aryl methyl sites for hydroxylation is 1. The minimum absolute atomic E-state index is 0.0442. The summed E-state index contributed by atoms with van der Waals surface area (Å²) >= 11 is 0. The Morgan fingerprint density at radius 2 is 1.86 bits per heavy atom. The van der Waals surface area contributed by atoms with Crippen molar-refractivity contribution >= 4 is 29.0 Å². The lowest BCUT2D eigenvalue weighted by molar-refractivity contribution is -0.137. The number of alkyl halides is 3. The molecule has 3 heterocycles. The molecular formula is C25H24F3N5O4. The Labute approximate surface area is 210 Å². The normalized spacial score (nSPS) is 13.6. The number of benzene rings is 1. The van der Waals surface area contributed by atoms with Gasteiger partial charge < -0.3 is 25.0 Å². The second kappa shape index (κ2) is 10.8. The fourth-order valence-corrected chi connectivity index (χ4v) is 3.69. The van der Waals surface area contributed by atoms with Crippen molar-refractivity contribution in [3.8, 4) is 5.75 Å². The number of ether oxygens (including phenoxy) is 2. The molecule has 2 aromatic heterocycles. The third-order valence-corrected chi connectivity index (χ3v) is 5.57. The van der Waals surface area contributed by atoms with Crippen LogP contribution in [0.5, 0.6) is 5.75 Å². The Morgan fingerprint density at radius 1 is 1.08 bits per heavy atom. The van der Waals surface area contributed by atoms with E-state index in [-0.39, 0.29) is 24.3 Å². The number of nitrogens with one attached hydrogen (secondary N) is 2. The van der Waals surface area contributed by atoms with E-state index in [1.54, 1.807) is 30.3 Å². The van der Waals surface area contributed by atoms with Crippen LogP contribution in [-0.4, -0.2) is 54.7 Å². The van der Waals surface area contributed by atoms with Gasteiger partial charge in [-0.05, 0) is 42.8 Å². The van der Waals surface area contributed by atoms with Gasteiger partial charge in [-0.1, -0.05) is 6.07 Å². The molecule has 1 saturated heterocycles. The molecule has 2 N–H and O–H groups in total. The number of anilines is 3. The molecule has 1 aliphatic heterocycles. The maximum absolute atomic E-state index is 12.9. The van der Waals surface area contributed by atoms with E-state index in [0.717, 1.165) is 23.5 Å². The molecule has 9 nitrogen and oxygen atoms in total. The molecular weight excluding hydrogens is 491 g/mol. The summed E-state index contributed by atoms with van der Waals surface area (Å²) in [6.45, 7) is 2.97. The molecule has 0 unspecified atom stereocenters. The lowest BCUT2D eigenvalue weighted by Crippen LogP contribution is -2.54. The Bertz CT molecular complexity index is 1280. The van der Waals surface area contributed by atoms with Crippen molar-refractivity contribution in [2.24, 2.45) is 0 Å². The van der Waals surface area contributed by atoms with Gasteiger partial charge in [0.25, 0.3) is 11.8 Å². The summed E-state index contributed by atoms with van der Waals surface area (Å²) in [6, 6.07) is 9.26. The van der Waals surface area contributed by atoms with Gasteiger partial charge in [0.2, 0.25) is 0 Å². The number of amides is 2. The maximum atomic E-state index is 12.9. The Kier molecular flexibility index (Phi) is 7.58. The third-order valence-electron chi connectivity index (χ3n) is 5.57. The first-order chi connectivity index (χ1) is 17.6. The molecule has 2 amide bonds. The van der Waals surface area contributed by atoms with Crippen LogP contribution in [0.2, 0.25) is 0 Å². The zero-order valence-electron chi connectivity index (χ0n) is 20.0. The van der Waals surface area contributed by atoms with E-state index in [4.69, 9.17) is 9.47 Å². The summed E-state index contributed by atoms with van der Waals surface area (Å²) in [7, 11) is 1.43. The number of aromatic nitrogens is 2. The highest BCUT2D eigenvalue weighted by molar-refractivity contribution is 6.05. The van der Waals surface area contributed by atoms with Crippen LogP contribution in [0.1, 0.15) is 21.5 Å². The highest BCUT2D eigenvalue weighted by Crippen LogP contribution is 2.31. The number of rotatable bonds is 8. The number of hydrogen-bond acceptors (Lipinski definition) is 7. The second-order valence-electron chi connectivity index (χ2n) is 8.42. The van der Waals surface area contributed by atoms with E-state index < -0.39 is 17.6 Å². The Hall–Kier alpha value is -4.19. The predicted octanol–water partition coefficient (Wildman–Crippen LogP) is 3.91. The van der Waals surface area contributed by atoms with Gasteiger partial charge in [0, 0.05) is 24.6 Å². The molecule has 1 fully saturated rings. The van der Waals surface area contributed by atoms with E-state index in [1.165, 1.54) is 13.3 Å². The largest absolute Gasteiger partial charge is 0.485 e. The molecule has 0 bridgehead atoms. The van der Waals surface area contributed by atoms with Crippen molar-refractivity contribution in [3.63, 3.8) is 0 Å². The number of carbonyl (C=O) groups is 2. The SMILES string of the molecule is COCC(=O)Nc1ccc(OC2CN(c3cc(C(=O)Nc4cncc(C(F)(F)F)c4)ccc3C)C2)cn1. The smallest absolute Gasteiger partial charge is 0.417 e. The van der Waals surface area contributed by atoms with Crippen molar-refractivity contribution < 1.29 is 32.2 Å². The van der Waals surface area contributed by atoms with Crippen LogP contribution in [0, 0.1) is 6.92 Å². The molecule has 1 aromatic carbocycles. The molecule has 194 valence electrons. The fourth-order valence-electron chi connectivity index (χ4n) is 3.69. The number of pyridine rings is 2. The van der Waals surface area contributed by atoms with Crippen molar-refractivity contribution in [1.82, 2.24) is 9.97 Å². The second-order valence-corrected chi connectivity index (χ2v) is 8.42. The van der Waals surface area contributed by atoms with E-state index in [2.05, 4.69) is 20.6 Å². The van der Waals surface area contributed by atoms with Crippen LogP contribution in [0.4, 0.5) is 30.4 Å². The van der Waals surface area contributed by atoms with Gasteiger partial charge >= 0.3 is 6.18 Å². The molecule has 0 saturated carbocycles. The van der Waals surface area contributed by atoms with Crippen LogP contribution >= 0.6 is 0 Å². The molecule has 0 radical (unpaired) electrons. The van der Waals surface area contributed by atoms with E-state index in [9.17, 15) is 22.8 Å². The molecule has 0 spiro atoms. The average molecular weight is 515 g/mol. The number of hydrogen-bond donors (Lipinski definition) is 2. The molecule has 12 heteroatoms. The Balaban J connectivity index is 1.34. The highest BCUT2D eigenvalue weighted by atomic mass is 19.4. The van der Waals surface area contributed by atoms with Crippen LogP contribution < -0.4 is 20.3 Å². The fraction of sp³-hybridized carbons (Fsp3) is 0.280. The molecule has 0 atom stereocenters. The highest BCUT2D eigenvalue weighted by Gasteiger charge is 2.32. The first-order valence-electron chi connectivity index (χ1n) is 11.2. The van der Waals surface area contributed by atoms with Crippen molar-refractivity contribution in [1.29, 1.82) is 0 Å². The number of halogens is 3. The molecule has 37 heavy (non-hydrogen) atoms. The number of methoxy groups -OCH3 is 1. The zero-order valence-corrected chi connectivity index (χ0v) is 20.0. The molecule has 1 aliphatic rings. The first kappa shape index (κ1) is 25.9. The van der Waals surface area contributed by atoms with E-state index >= 15 is 0 Å². The quantitative estimate of drug-likeness (QED) is 0.469. The van der Waals surface area contributed by atoms with Crippen LogP contribution in [0.3, 0.4) is 0 Å². The van der Waals surface area contributed by atoms with Crippen molar-refractivity contribution in [3.05, 3.63) is 71.7 Å². The Morgan fingerprint density at radius 3 is 2.54 bits per heavy atom. The predicted molar refractivity (Wildman–Crippen MR) is 130 cm³/mol. The van der Waals surface area contributed by atoms with Gasteiger partial charge in [-0.25, -0.2) is 4.98 Å². The van der Waals surface area contributed by atoms with Gasteiger partial charge in [0.05, 0.1) is 36.7 Å². The summed E-state index contributed by atoms with van der Waals surface area (Å²) in [5.74, 6) is 0.0840. The third kappa shape index (κ3) is 6.53. The monoisotopic (exact) mass is 515 g/mol. The zero-order chi connectivity index (χ0) is 26.6. The van der Waals surface area contributed by atoms with Crippen LogP contribution in [-0.2, 0) is 15.7 Å². The summed E-state index contributed by atoms with van der Waals surface area (Å²) in [4.78, 5) is 34.0. The van der Waals surface area contributed by atoms with Crippen LogP contribution in [0.25, 0.3) is 0 Å². The molecule has 0 aliphatic carbocycles. The standard InChI is InChI=1S/C25H24F3N5O4/c1-15-3-4-16(24(35)31-18-8-17(9-29-10-18)25(26,27)28)7-21(15)33-12-20(13-33)37-19-5-6-22(30-11-19)32-23(34)14-36-2/h3-11,20H,12-14H2,1-2H3,(H,31,35)(H,30,32,34). The minimum atomic E-state index is -4.56. The molecule has 3 aromatic rings. The van der Waals surface area contributed by atoms with E-state index in [1.807, 2.05) is 11.8 Å². The van der Waals surface area contributed by atoms with Gasteiger partial charge in [-0.3, -0.25) is 14.6 Å². The molecule has 4 rings (SSSR count). The minimum Gasteiger partial charge on any atom is -0.485 e. The van der Waals surface area contributed by atoms with E-state index in [0.29, 0.717) is 36.4 Å². The number of carbonyl (C=O) groups excluding carboxylic acids is 2. The summed E-state index contributed by atoms with van der Waals surface area (Å²) in [5.41, 5.74) is 1.08. The maximum Gasteiger partial charge on any atom is 0.417 e. The summed E-state index contributed by atoms with van der Waals surface area (Å²) in [6.07, 6.45) is -1.28. The van der Waals surface area contributed by atoms with Gasteiger partial charge in [-0.2, -0.15) is 13.2 Å². The van der Waals surface area contributed by atoms with Crippen molar-refractivity contribution in [2.45, 2.75) is 19.2 Å². The number of nitrogens with zero attached hydrogens (tertiary/aromatic N) is 3. The topological polar surface area (TPSA) is 106 Å². The van der Waals surface area contributed by atoms with Gasteiger partial charge in [-0.15, -0.1) is 0 Å². The first-order valence-corrected chi connectivity index (χ1v) is 11.2. The van der Waals surface area contributed by atoms with Gasteiger partial charge in [0.15, 0.2) is 0 Å². The lowest BCUT2D eigenvalue weighted by Gasteiger charge is -2.41.